The molecule has 0 aromatic heterocycles. The maximum atomic E-state index is 6.00. The molecule has 6 heteroatoms. The maximum Gasteiger partial charge on any atom is 0.0980 e. The summed E-state index contributed by atoms with van der Waals surface area (Å²) in [5.41, 5.74) is -0.846. The molecule has 0 aliphatic carbocycles. The summed E-state index contributed by atoms with van der Waals surface area (Å²) in [6.45, 7) is 18.7. The third-order valence-corrected chi connectivity index (χ3v) is 2.42. The Bertz CT molecular complexity index is 265. The molecule has 0 aromatic carbocycles. The molecule has 2 N–H and O–H groups in total. The summed E-state index contributed by atoms with van der Waals surface area (Å²) >= 11 is 0. The van der Waals surface area contributed by atoms with Gasteiger partial charge in [0.15, 0.2) is 0 Å². The molecule has 0 heterocycles. The van der Waals surface area contributed by atoms with Crippen molar-refractivity contribution in [2.45, 2.75) is 92.0 Å². The molecular weight excluding hydrogens is 288 g/mol. The Balaban J connectivity index is 0. The topological polar surface area (TPSA) is 77.4 Å². The molecule has 0 aliphatic rings. The van der Waals surface area contributed by atoms with Gasteiger partial charge in [-0.25, -0.2) is 19.6 Å². The number of hydrogen-bond donors (Lipinski definition) is 2. The molecule has 0 amide bonds. The van der Waals surface area contributed by atoms with Crippen LogP contribution in [0.5, 0.6) is 0 Å². The van der Waals surface area contributed by atoms with E-state index in [0.29, 0.717) is 12.5 Å². The van der Waals surface area contributed by atoms with Crippen molar-refractivity contribution in [3.8, 4) is 0 Å². The van der Waals surface area contributed by atoms with Gasteiger partial charge in [0.2, 0.25) is 0 Å². The first-order valence-electron chi connectivity index (χ1n) is 7.68. The zero-order valence-electron chi connectivity index (χ0n) is 15.7. The van der Waals surface area contributed by atoms with Crippen molar-refractivity contribution in [3.05, 3.63) is 0 Å². The fourth-order valence-corrected chi connectivity index (χ4v) is 1.28. The minimum Gasteiger partial charge on any atom is -0.255 e. The van der Waals surface area contributed by atoms with E-state index >= 15 is 0 Å². The van der Waals surface area contributed by atoms with Gasteiger partial charge >= 0.3 is 0 Å². The first-order chi connectivity index (χ1) is 9.81. The molecule has 136 valence electrons. The lowest BCUT2D eigenvalue weighted by Gasteiger charge is -2.29. The normalized spacial score (nSPS) is 14.3. The Morgan fingerprint density at radius 1 is 0.773 bits per heavy atom. The summed E-state index contributed by atoms with van der Waals surface area (Å²) in [4.78, 5) is 21.5. The summed E-state index contributed by atoms with van der Waals surface area (Å²) in [7, 11) is 0. The quantitative estimate of drug-likeness (QED) is 0.498. The van der Waals surface area contributed by atoms with Crippen LogP contribution in [0.1, 0.15) is 75.2 Å². The second-order valence-electron chi connectivity index (χ2n) is 8.16. The van der Waals surface area contributed by atoms with Crippen molar-refractivity contribution in [3.63, 3.8) is 0 Å². The van der Waals surface area contributed by atoms with Crippen LogP contribution < -0.4 is 0 Å². The highest BCUT2D eigenvalue weighted by Crippen LogP contribution is 2.23. The zero-order chi connectivity index (χ0) is 18.0. The molecule has 0 aromatic rings. The Labute approximate surface area is 135 Å². The van der Waals surface area contributed by atoms with Crippen LogP contribution in [-0.2, 0) is 19.6 Å². The van der Waals surface area contributed by atoms with Crippen LogP contribution in [0.2, 0.25) is 0 Å². The van der Waals surface area contributed by atoms with Crippen molar-refractivity contribution in [2.24, 2.45) is 5.92 Å². The van der Waals surface area contributed by atoms with E-state index in [1.54, 1.807) is 0 Å². The number of hydrogen-bond acceptors (Lipinski definition) is 6. The lowest BCUT2D eigenvalue weighted by Crippen LogP contribution is -2.31. The molecular formula is C16H36O6. The summed E-state index contributed by atoms with van der Waals surface area (Å²) in [5.74, 6) is 0.412. The van der Waals surface area contributed by atoms with E-state index in [1.165, 1.54) is 0 Å². The predicted octanol–water partition coefficient (Wildman–Crippen LogP) is 4.69. The monoisotopic (exact) mass is 324 g/mol. The Hall–Kier alpha value is -0.240. The SMILES string of the molecule is CC(CCC(C)(C)OOC(C)(C)C)COOC(C)(C)C.OO. The van der Waals surface area contributed by atoms with Crippen molar-refractivity contribution in [2.75, 3.05) is 6.61 Å². The van der Waals surface area contributed by atoms with Gasteiger partial charge in [-0.1, -0.05) is 6.92 Å². The largest absolute Gasteiger partial charge is 0.255 e. The highest BCUT2D eigenvalue weighted by atomic mass is 17.2. The molecule has 22 heavy (non-hydrogen) atoms. The van der Waals surface area contributed by atoms with Crippen molar-refractivity contribution in [1.29, 1.82) is 0 Å². The van der Waals surface area contributed by atoms with Gasteiger partial charge in [0.05, 0.1) is 23.4 Å². The van der Waals surface area contributed by atoms with E-state index in [0.717, 1.165) is 12.8 Å². The molecule has 1 atom stereocenters. The van der Waals surface area contributed by atoms with Gasteiger partial charge in [-0.3, -0.25) is 10.5 Å². The summed E-state index contributed by atoms with van der Waals surface area (Å²) in [5, 5.41) is 12.0. The Morgan fingerprint density at radius 2 is 1.23 bits per heavy atom. The van der Waals surface area contributed by atoms with Crippen LogP contribution in [0.3, 0.4) is 0 Å². The van der Waals surface area contributed by atoms with Crippen LogP contribution in [0.4, 0.5) is 0 Å². The summed E-state index contributed by atoms with van der Waals surface area (Å²) < 4.78 is 0. The smallest absolute Gasteiger partial charge is 0.0980 e. The van der Waals surface area contributed by atoms with Crippen LogP contribution in [0.15, 0.2) is 0 Å². The van der Waals surface area contributed by atoms with Gasteiger partial charge in [0.25, 0.3) is 0 Å². The van der Waals surface area contributed by atoms with E-state index in [1.807, 2.05) is 55.4 Å². The summed E-state index contributed by atoms with van der Waals surface area (Å²) in [6, 6.07) is 0. The minimum absolute atomic E-state index is 0.261. The lowest BCUT2D eigenvalue weighted by atomic mass is 9.97. The van der Waals surface area contributed by atoms with E-state index in [4.69, 9.17) is 30.1 Å². The van der Waals surface area contributed by atoms with Gasteiger partial charge in [0, 0.05) is 0 Å². The highest BCUT2D eigenvalue weighted by Gasteiger charge is 2.24. The van der Waals surface area contributed by atoms with Gasteiger partial charge in [0.1, 0.15) is 0 Å². The minimum atomic E-state index is -0.299. The van der Waals surface area contributed by atoms with E-state index in [2.05, 4.69) is 6.92 Å². The van der Waals surface area contributed by atoms with Crippen LogP contribution in [0, 0.1) is 5.92 Å². The fourth-order valence-electron chi connectivity index (χ4n) is 1.28. The Kier molecular flexibility index (Phi) is 11.5. The molecule has 6 nitrogen and oxygen atoms in total. The van der Waals surface area contributed by atoms with Crippen LogP contribution >= 0.6 is 0 Å². The standard InChI is InChI=1S/C16H34O4.H2O2/c1-13(12-17-18-14(2,3)4)10-11-16(8,9)20-19-15(5,6)7;1-2/h13H,10-12H2,1-9H3;1-2H. The first kappa shape index (κ1) is 24.0. The fraction of sp³-hybridized carbons (Fsp3) is 1.00. The van der Waals surface area contributed by atoms with Crippen LogP contribution in [0.25, 0.3) is 0 Å². The molecule has 0 aliphatic heterocycles. The Morgan fingerprint density at radius 3 is 1.64 bits per heavy atom. The van der Waals surface area contributed by atoms with E-state index in [-0.39, 0.29) is 16.8 Å². The maximum absolute atomic E-state index is 6.00. The molecule has 0 radical (unpaired) electrons. The van der Waals surface area contributed by atoms with E-state index in [9.17, 15) is 0 Å². The van der Waals surface area contributed by atoms with Crippen molar-refractivity contribution >= 4 is 0 Å². The summed E-state index contributed by atoms with van der Waals surface area (Å²) in [6.07, 6.45) is 1.90. The highest BCUT2D eigenvalue weighted by molar-refractivity contribution is 4.69. The third kappa shape index (κ3) is 17.8. The van der Waals surface area contributed by atoms with E-state index < -0.39 is 0 Å². The molecule has 0 saturated heterocycles. The van der Waals surface area contributed by atoms with Crippen LogP contribution in [-0.4, -0.2) is 33.9 Å². The third-order valence-electron chi connectivity index (χ3n) is 2.42. The van der Waals surface area contributed by atoms with Gasteiger partial charge in [-0.05, 0) is 74.1 Å². The number of rotatable bonds is 8. The lowest BCUT2D eigenvalue weighted by molar-refractivity contribution is -0.398. The molecule has 0 saturated carbocycles. The first-order valence-corrected chi connectivity index (χ1v) is 7.68. The van der Waals surface area contributed by atoms with Gasteiger partial charge in [-0.2, -0.15) is 0 Å². The van der Waals surface area contributed by atoms with Crippen molar-refractivity contribution in [1.82, 2.24) is 0 Å². The average Bonchev–Trinajstić information content (AvgIpc) is 2.35. The molecule has 0 bridgehead atoms. The van der Waals surface area contributed by atoms with Crippen molar-refractivity contribution < 1.29 is 30.1 Å². The van der Waals surface area contributed by atoms with Gasteiger partial charge in [-0.15, -0.1) is 0 Å². The molecule has 0 fully saturated rings. The molecule has 0 spiro atoms. The molecule has 1 unspecified atom stereocenters. The average molecular weight is 324 g/mol. The second kappa shape index (κ2) is 10.5. The zero-order valence-corrected chi connectivity index (χ0v) is 15.7. The molecule has 0 rings (SSSR count). The second-order valence-corrected chi connectivity index (χ2v) is 8.16. The van der Waals surface area contributed by atoms with Gasteiger partial charge < -0.3 is 0 Å². The predicted molar refractivity (Wildman–Crippen MR) is 86.4 cm³/mol.